The molecule has 5 nitrogen and oxygen atoms in total. The third-order valence-corrected chi connectivity index (χ3v) is 3.66. The summed E-state index contributed by atoms with van der Waals surface area (Å²) in [6, 6.07) is 0. The van der Waals surface area contributed by atoms with Crippen LogP contribution >= 0.6 is 11.8 Å². The Hall–Kier alpha value is -1.43. The normalized spacial score (nSPS) is 11.0. The number of imidazole rings is 1. The predicted molar refractivity (Wildman–Crippen MR) is 82.7 cm³/mol. The van der Waals surface area contributed by atoms with E-state index in [1.54, 1.807) is 12.4 Å². The monoisotopic (exact) mass is 279 g/mol. The zero-order valence-corrected chi connectivity index (χ0v) is 12.1. The summed E-state index contributed by atoms with van der Waals surface area (Å²) in [7, 11) is 0. The van der Waals surface area contributed by atoms with Crippen molar-refractivity contribution in [2.24, 2.45) is 0 Å². The molecule has 0 aromatic carbocycles. The Balaban J connectivity index is 1.79. The van der Waals surface area contributed by atoms with Crippen molar-refractivity contribution in [2.45, 2.75) is 25.7 Å². The van der Waals surface area contributed by atoms with Gasteiger partial charge in [0.05, 0.1) is 6.20 Å². The molecule has 0 fully saturated rings. The van der Waals surface area contributed by atoms with E-state index in [2.05, 4.69) is 21.5 Å². The number of nitrogens with two attached hydrogens (primary N) is 1. The fourth-order valence-electron chi connectivity index (χ4n) is 2.00. The second kappa shape index (κ2) is 7.23. The second-order valence-corrected chi connectivity index (χ2v) is 5.49. The van der Waals surface area contributed by atoms with Gasteiger partial charge in [-0.05, 0) is 24.9 Å². The average molecular weight is 279 g/mol. The molecule has 0 aliphatic rings. The Labute approximate surface area is 118 Å². The summed E-state index contributed by atoms with van der Waals surface area (Å²) in [4.78, 5) is 8.58. The van der Waals surface area contributed by atoms with Crippen molar-refractivity contribution in [3.05, 3.63) is 18.6 Å². The minimum atomic E-state index is 0.507. The van der Waals surface area contributed by atoms with Crippen molar-refractivity contribution in [1.82, 2.24) is 14.4 Å². The van der Waals surface area contributed by atoms with Gasteiger partial charge in [0.25, 0.3) is 0 Å². The van der Waals surface area contributed by atoms with Crippen molar-refractivity contribution >= 4 is 29.0 Å². The van der Waals surface area contributed by atoms with Gasteiger partial charge in [-0.25, -0.2) is 9.97 Å². The van der Waals surface area contributed by atoms with E-state index in [1.165, 1.54) is 25.0 Å². The number of unbranched alkanes of at least 4 members (excludes halogenated alkanes) is 3. The molecular formula is C13H21N5S. The molecule has 2 rings (SSSR count). The molecule has 3 N–H and O–H groups in total. The Morgan fingerprint density at radius 2 is 2.16 bits per heavy atom. The SMILES string of the molecule is CSCCCCCCNc1nc(N)cn2ccnc12. The number of hydrogen-bond acceptors (Lipinski definition) is 5. The number of thioether (sulfide) groups is 1. The molecule has 0 unspecified atom stereocenters. The summed E-state index contributed by atoms with van der Waals surface area (Å²) < 4.78 is 1.89. The lowest BCUT2D eigenvalue weighted by Crippen LogP contribution is -2.07. The van der Waals surface area contributed by atoms with Crippen LogP contribution in [0.4, 0.5) is 11.6 Å². The van der Waals surface area contributed by atoms with E-state index < -0.39 is 0 Å². The first-order valence-electron chi connectivity index (χ1n) is 6.63. The number of nitrogen functional groups attached to an aromatic ring is 1. The van der Waals surface area contributed by atoms with E-state index in [-0.39, 0.29) is 0 Å². The van der Waals surface area contributed by atoms with Crippen LogP contribution in [0, 0.1) is 0 Å². The van der Waals surface area contributed by atoms with Crippen molar-refractivity contribution in [3.8, 4) is 0 Å². The topological polar surface area (TPSA) is 68.2 Å². The van der Waals surface area contributed by atoms with E-state index in [4.69, 9.17) is 5.73 Å². The molecule has 0 saturated heterocycles. The van der Waals surface area contributed by atoms with Gasteiger partial charge in [-0.3, -0.25) is 0 Å². The minimum absolute atomic E-state index is 0.507. The number of nitrogens with zero attached hydrogens (tertiary/aromatic N) is 3. The molecule has 2 heterocycles. The van der Waals surface area contributed by atoms with Crippen molar-refractivity contribution in [3.63, 3.8) is 0 Å². The summed E-state index contributed by atoms with van der Waals surface area (Å²) in [5.74, 6) is 2.54. The summed E-state index contributed by atoms with van der Waals surface area (Å²) in [6.07, 6.45) is 12.6. The maximum Gasteiger partial charge on any atom is 0.180 e. The molecule has 104 valence electrons. The molecule has 0 spiro atoms. The van der Waals surface area contributed by atoms with Gasteiger partial charge in [0, 0.05) is 18.9 Å². The van der Waals surface area contributed by atoms with Crippen LogP contribution in [0.3, 0.4) is 0 Å². The van der Waals surface area contributed by atoms with Crippen molar-refractivity contribution in [2.75, 3.05) is 29.6 Å². The van der Waals surface area contributed by atoms with Crippen molar-refractivity contribution < 1.29 is 0 Å². The van der Waals surface area contributed by atoms with E-state index in [1.807, 2.05) is 22.4 Å². The molecule has 0 aliphatic carbocycles. The molecule has 0 atom stereocenters. The second-order valence-electron chi connectivity index (χ2n) is 4.51. The molecule has 0 radical (unpaired) electrons. The molecule has 19 heavy (non-hydrogen) atoms. The van der Waals surface area contributed by atoms with Crippen LogP contribution in [-0.4, -0.2) is 32.9 Å². The summed E-state index contributed by atoms with van der Waals surface area (Å²) >= 11 is 1.92. The summed E-state index contributed by atoms with van der Waals surface area (Å²) in [5.41, 5.74) is 6.60. The highest BCUT2D eigenvalue weighted by Crippen LogP contribution is 2.14. The maximum absolute atomic E-state index is 5.77. The van der Waals surface area contributed by atoms with Gasteiger partial charge in [0.2, 0.25) is 0 Å². The van der Waals surface area contributed by atoms with Gasteiger partial charge in [-0.15, -0.1) is 0 Å². The third-order valence-electron chi connectivity index (χ3n) is 2.96. The Morgan fingerprint density at radius 3 is 3.00 bits per heavy atom. The first kappa shape index (κ1) is 14.0. The summed E-state index contributed by atoms with van der Waals surface area (Å²) in [5, 5.41) is 3.33. The molecular weight excluding hydrogens is 258 g/mol. The van der Waals surface area contributed by atoms with E-state index in [0.717, 1.165) is 24.4 Å². The zero-order chi connectivity index (χ0) is 13.5. The number of hydrogen-bond donors (Lipinski definition) is 2. The third kappa shape index (κ3) is 4.02. The smallest absolute Gasteiger partial charge is 0.180 e. The number of nitrogens with one attached hydrogen (secondary N) is 1. The van der Waals surface area contributed by atoms with Crippen LogP contribution in [0.2, 0.25) is 0 Å². The quantitative estimate of drug-likeness (QED) is 0.727. The summed E-state index contributed by atoms with van der Waals surface area (Å²) in [6.45, 7) is 0.915. The van der Waals surface area contributed by atoms with Crippen LogP contribution in [-0.2, 0) is 0 Å². The first-order chi connectivity index (χ1) is 9.31. The van der Waals surface area contributed by atoms with E-state index >= 15 is 0 Å². The minimum Gasteiger partial charge on any atom is -0.382 e. The number of aromatic nitrogens is 3. The van der Waals surface area contributed by atoms with Gasteiger partial charge in [0.1, 0.15) is 5.82 Å². The number of anilines is 2. The largest absolute Gasteiger partial charge is 0.382 e. The molecule has 0 saturated carbocycles. The van der Waals surface area contributed by atoms with Crippen LogP contribution in [0.5, 0.6) is 0 Å². The van der Waals surface area contributed by atoms with E-state index in [9.17, 15) is 0 Å². The van der Waals surface area contributed by atoms with Gasteiger partial charge in [-0.2, -0.15) is 11.8 Å². The average Bonchev–Trinajstić information content (AvgIpc) is 2.85. The lowest BCUT2D eigenvalue weighted by Gasteiger charge is -2.07. The highest BCUT2D eigenvalue weighted by molar-refractivity contribution is 7.98. The lowest BCUT2D eigenvalue weighted by molar-refractivity contribution is 0.688. The zero-order valence-electron chi connectivity index (χ0n) is 11.3. The first-order valence-corrected chi connectivity index (χ1v) is 8.02. The van der Waals surface area contributed by atoms with E-state index in [0.29, 0.717) is 5.82 Å². The van der Waals surface area contributed by atoms with Crippen LogP contribution in [0.1, 0.15) is 25.7 Å². The Kier molecular flexibility index (Phi) is 5.32. The van der Waals surface area contributed by atoms with Crippen molar-refractivity contribution in [1.29, 1.82) is 0 Å². The predicted octanol–water partition coefficient (Wildman–Crippen LogP) is 2.65. The number of rotatable bonds is 8. The maximum atomic E-state index is 5.77. The van der Waals surface area contributed by atoms with Gasteiger partial charge >= 0.3 is 0 Å². The Morgan fingerprint density at radius 1 is 1.32 bits per heavy atom. The lowest BCUT2D eigenvalue weighted by atomic mass is 10.2. The standard InChI is InChI=1S/C13H21N5S/c1-19-9-5-3-2-4-6-15-12-13-16-7-8-18(13)10-11(14)17-12/h7-8,10H,2-6,9,14H2,1H3,(H,15,17). The molecule has 0 bridgehead atoms. The molecule has 2 aromatic heterocycles. The Bertz CT molecular complexity index is 511. The van der Waals surface area contributed by atoms with Gasteiger partial charge < -0.3 is 15.5 Å². The molecule has 6 heteroatoms. The molecule has 0 amide bonds. The van der Waals surface area contributed by atoms with Crippen LogP contribution in [0.25, 0.3) is 5.65 Å². The molecule has 0 aliphatic heterocycles. The van der Waals surface area contributed by atoms with Crippen LogP contribution < -0.4 is 11.1 Å². The van der Waals surface area contributed by atoms with Gasteiger partial charge in [0.15, 0.2) is 11.5 Å². The fourth-order valence-corrected chi connectivity index (χ4v) is 2.49. The number of fused-ring (bicyclic) bond motifs is 1. The molecule has 2 aromatic rings. The fraction of sp³-hybridized carbons (Fsp3) is 0.538. The highest BCUT2D eigenvalue weighted by atomic mass is 32.2. The van der Waals surface area contributed by atoms with Gasteiger partial charge in [-0.1, -0.05) is 12.8 Å². The van der Waals surface area contributed by atoms with Crippen LogP contribution in [0.15, 0.2) is 18.6 Å². The highest BCUT2D eigenvalue weighted by Gasteiger charge is 2.04.